The smallest absolute Gasteiger partial charge is 0.131 e. The number of thiophene rings is 1. The third-order valence-corrected chi connectivity index (χ3v) is 4.90. The molecule has 0 spiro atoms. The van der Waals surface area contributed by atoms with E-state index in [0.717, 1.165) is 34.0 Å². The van der Waals surface area contributed by atoms with E-state index in [1.807, 2.05) is 14.0 Å². The van der Waals surface area contributed by atoms with Crippen LogP contribution in [-0.2, 0) is 20.1 Å². The van der Waals surface area contributed by atoms with Crippen LogP contribution in [0.4, 0.5) is 0 Å². The third kappa shape index (κ3) is 3.15. The lowest BCUT2D eigenvalue weighted by atomic mass is 10.2. The summed E-state index contributed by atoms with van der Waals surface area (Å²) in [5, 5.41) is 7.16. The largest absolute Gasteiger partial charge is 0.297 e. The molecule has 2 aromatic rings. The lowest BCUT2D eigenvalue weighted by Gasteiger charge is -2.15. The van der Waals surface area contributed by atoms with E-state index < -0.39 is 0 Å². The molecule has 0 aliphatic heterocycles. The van der Waals surface area contributed by atoms with E-state index in [1.54, 1.807) is 16.0 Å². The molecular weight excluding hydrogens is 334 g/mol. The predicted molar refractivity (Wildman–Crippen MR) is 80.1 cm³/mol. The summed E-state index contributed by atoms with van der Waals surface area (Å²) in [4.78, 5) is 3.58. The average molecular weight is 349 g/mol. The summed E-state index contributed by atoms with van der Waals surface area (Å²) < 4.78 is 2.87. The monoisotopic (exact) mass is 347 g/mol. The molecule has 0 radical (unpaired) electrons. The van der Waals surface area contributed by atoms with E-state index in [4.69, 9.17) is 11.6 Å². The van der Waals surface area contributed by atoms with E-state index in [9.17, 15) is 0 Å². The summed E-state index contributed by atoms with van der Waals surface area (Å²) in [5.41, 5.74) is 2.11. The van der Waals surface area contributed by atoms with Gasteiger partial charge in [0.05, 0.1) is 5.69 Å². The van der Waals surface area contributed by atoms with Gasteiger partial charge in [-0.05, 0) is 36.0 Å². The van der Waals surface area contributed by atoms with Gasteiger partial charge in [-0.1, -0.05) is 11.6 Å². The van der Waals surface area contributed by atoms with Crippen molar-refractivity contribution in [1.82, 2.24) is 14.7 Å². The molecule has 2 rings (SSSR count). The summed E-state index contributed by atoms with van der Waals surface area (Å²) in [6, 6.07) is 2.15. The van der Waals surface area contributed by atoms with Crippen molar-refractivity contribution in [2.24, 2.45) is 7.05 Å². The Labute approximate surface area is 124 Å². The highest BCUT2D eigenvalue weighted by Gasteiger charge is 2.13. The zero-order chi connectivity index (χ0) is 13.3. The lowest BCUT2D eigenvalue weighted by Crippen LogP contribution is -2.17. The normalized spacial score (nSPS) is 11.4. The summed E-state index contributed by atoms with van der Waals surface area (Å²) in [5.74, 6) is 0. The maximum Gasteiger partial charge on any atom is 0.131 e. The molecule has 18 heavy (non-hydrogen) atoms. The predicted octanol–water partition coefficient (Wildman–Crippen LogP) is 3.84. The van der Waals surface area contributed by atoms with Crippen LogP contribution in [-0.4, -0.2) is 21.7 Å². The average Bonchev–Trinajstić information content (AvgIpc) is 2.78. The topological polar surface area (TPSA) is 21.1 Å². The molecule has 0 N–H and O–H groups in total. The van der Waals surface area contributed by atoms with Gasteiger partial charge in [0.2, 0.25) is 0 Å². The van der Waals surface area contributed by atoms with Crippen molar-refractivity contribution >= 4 is 38.9 Å². The van der Waals surface area contributed by atoms with Gasteiger partial charge >= 0.3 is 0 Å². The van der Waals surface area contributed by atoms with E-state index in [0.29, 0.717) is 0 Å². The number of halogens is 2. The summed E-state index contributed by atoms with van der Waals surface area (Å²) in [7, 11) is 3.96. The number of nitrogens with zero attached hydrogens (tertiary/aromatic N) is 3. The van der Waals surface area contributed by atoms with Crippen molar-refractivity contribution in [2.45, 2.75) is 20.0 Å². The minimum absolute atomic E-state index is 0.728. The second-order valence-corrected chi connectivity index (χ2v) is 6.65. The van der Waals surface area contributed by atoms with E-state index in [1.165, 1.54) is 4.88 Å². The van der Waals surface area contributed by atoms with Crippen LogP contribution < -0.4 is 0 Å². The molecule has 6 heteroatoms. The molecule has 0 aliphatic rings. The summed E-state index contributed by atoms with van der Waals surface area (Å²) in [6.07, 6.45) is 0. The van der Waals surface area contributed by atoms with Gasteiger partial charge < -0.3 is 0 Å². The van der Waals surface area contributed by atoms with Gasteiger partial charge in [-0.25, -0.2) is 0 Å². The van der Waals surface area contributed by atoms with Gasteiger partial charge in [0.1, 0.15) is 5.15 Å². The second-order valence-electron chi connectivity index (χ2n) is 4.38. The van der Waals surface area contributed by atoms with Crippen LogP contribution in [0.1, 0.15) is 16.1 Å². The van der Waals surface area contributed by atoms with Gasteiger partial charge in [-0.2, -0.15) is 5.10 Å². The third-order valence-electron chi connectivity index (χ3n) is 2.75. The Morgan fingerprint density at radius 1 is 1.50 bits per heavy atom. The van der Waals surface area contributed by atoms with E-state index in [2.05, 4.69) is 44.4 Å². The van der Waals surface area contributed by atoms with Gasteiger partial charge in [-0.3, -0.25) is 9.58 Å². The highest BCUT2D eigenvalue weighted by Crippen LogP contribution is 2.23. The fourth-order valence-electron chi connectivity index (χ4n) is 1.88. The Morgan fingerprint density at radius 2 is 2.22 bits per heavy atom. The Morgan fingerprint density at radius 3 is 2.72 bits per heavy atom. The molecule has 0 bridgehead atoms. The number of hydrogen-bond acceptors (Lipinski definition) is 3. The molecule has 0 fully saturated rings. The molecule has 0 saturated heterocycles. The molecule has 0 aromatic carbocycles. The number of aryl methyl sites for hydroxylation is 2. The van der Waals surface area contributed by atoms with Crippen molar-refractivity contribution in [3.05, 3.63) is 37.2 Å². The van der Waals surface area contributed by atoms with E-state index in [-0.39, 0.29) is 0 Å². The second kappa shape index (κ2) is 5.74. The Hall–Kier alpha value is -0.360. The standard InChI is InChI=1S/C12H15BrClN3S/c1-8-11(12(14)17(3)15-8)6-16(2)5-10-4-9(13)7-18-10/h4,7H,5-6H2,1-3H3. The molecule has 2 heterocycles. The van der Waals surface area contributed by atoms with E-state index >= 15 is 0 Å². The first-order chi connectivity index (χ1) is 8.47. The van der Waals surface area contributed by atoms with Crippen LogP contribution >= 0.6 is 38.9 Å². The quantitative estimate of drug-likeness (QED) is 0.837. The van der Waals surface area contributed by atoms with Crippen LogP contribution in [0.15, 0.2) is 15.9 Å². The molecular formula is C12H15BrClN3S. The first kappa shape index (κ1) is 14.1. The number of aromatic nitrogens is 2. The van der Waals surface area contributed by atoms with Crippen LogP contribution in [0.2, 0.25) is 5.15 Å². The minimum atomic E-state index is 0.728. The Kier molecular flexibility index (Phi) is 4.48. The molecule has 0 atom stereocenters. The molecule has 0 unspecified atom stereocenters. The van der Waals surface area contributed by atoms with Crippen LogP contribution in [0.5, 0.6) is 0 Å². The van der Waals surface area contributed by atoms with Gasteiger partial charge in [0, 0.05) is 40.4 Å². The highest BCUT2D eigenvalue weighted by molar-refractivity contribution is 9.10. The lowest BCUT2D eigenvalue weighted by molar-refractivity contribution is 0.321. The first-order valence-corrected chi connectivity index (χ1v) is 7.62. The minimum Gasteiger partial charge on any atom is -0.297 e. The summed E-state index contributed by atoms with van der Waals surface area (Å²) in [6.45, 7) is 3.73. The van der Waals surface area contributed by atoms with Crippen LogP contribution in [0.25, 0.3) is 0 Å². The van der Waals surface area contributed by atoms with Crippen molar-refractivity contribution in [2.75, 3.05) is 7.05 Å². The first-order valence-electron chi connectivity index (χ1n) is 5.57. The maximum atomic E-state index is 6.23. The fraction of sp³-hybridized carbons (Fsp3) is 0.417. The molecule has 98 valence electrons. The highest BCUT2D eigenvalue weighted by atomic mass is 79.9. The van der Waals surface area contributed by atoms with Gasteiger partial charge in [0.15, 0.2) is 0 Å². The molecule has 0 amide bonds. The summed E-state index contributed by atoms with van der Waals surface area (Å²) >= 11 is 11.5. The molecule has 0 aliphatic carbocycles. The zero-order valence-corrected chi connectivity index (χ0v) is 13.7. The Balaban J connectivity index is 2.05. The van der Waals surface area contributed by atoms with Crippen molar-refractivity contribution in [3.63, 3.8) is 0 Å². The maximum absolute atomic E-state index is 6.23. The van der Waals surface area contributed by atoms with Gasteiger partial charge in [0.25, 0.3) is 0 Å². The molecule has 3 nitrogen and oxygen atoms in total. The van der Waals surface area contributed by atoms with Crippen molar-refractivity contribution in [3.8, 4) is 0 Å². The van der Waals surface area contributed by atoms with Crippen molar-refractivity contribution in [1.29, 1.82) is 0 Å². The number of hydrogen-bond donors (Lipinski definition) is 0. The Bertz CT molecular complexity index is 550. The number of rotatable bonds is 4. The zero-order valence-electron chi connectivity index (χ0n) is 10.6. The van der Waals surface area contributed by atoms with Gasteiger partial charge in [-0.15, -0.1) is 11.3 Å². The van der Waals surface area contributed by atoms with Crippen molar-refractivity contribution < 1.29 is 0 Å². The van der Waals surface area contributed by atoms with Crippen LogP contribution in [0.3, 0.4) is 0 Å². The molecule has 2 aromatic heterocycles. The van der Waals surface area contributed by atoms with Crippen LogP contribution in [0, 0.1) is 6.92 Å². The SMILES string of the molecule is Cc1nn(C)c(Cl)c1CN(C)Cc1cc(Br)cs1. The molecule has 0 saturated carbocycles. The fourth-order valence-corrected chi connectivity index (χ4v) is 3.65.